The summed E-state index contributed by atoms with van der Waals surface area (Å²) in [6.07, 6.45) is 0. The monoisotopic (exact) mass is 291 g/mol. The van der Waals surface area contributed by atoms with Gasteiger partial charge in [0.2, 0.25) is 0 Å². The molecule has 1 unspecified atom stereocenters. The average molecular weight is 291 g/mol. The fourth-order valence-corrected chi connectivity index (χ4v) is 1.84. The largest absolute Gasteiger partial charge is 0.496 e. The maximum atomic E-state index is 10.9. The minimum Gasteiger partial charge on any atom is -0.496 e. The number of methoxy groups -OCH3 is 1. The second-order valence-corrected chi connectivity index (χ2v) is 4.96. The van der Waals surface area contributed by atoms with E-state index in [4.69, 9.17) is 10.5 Å². The van der Waals surface area contributed by atoms with Crippen LogP contribution in [0.15, 0.2) is 18.2 Å². The van der Waals surface area contributed by atoms with Crippen LogP contribution in [-0.2, 0) is 0 Å². The summed E-state index contributed by atoms with van der Waals surface area (Å²) in [4.78, 5) is 14.7. The van der Waals surface area contributed by atoms with Crippen LogP contribution in [0.2, 0.25) is 0 Å². The van der Waals surface area contributed by atoms with Crippen LogP contribution in [0.4, 0.5) is 5.69 Å². The molecule has 8 heteroatoms. The molecule has 1 atom stereocenters. The van der Waals surface area contributed by atoms with Gasteiger partial charge >= 0.3 is 0 Å². The van der Waals surface area contributed by atoms with Crippen molar-refractivity contribution >= 4 is 5.69 Å². The van der Waals surface area contributed by atoms with E-state index in [9.17, 15) is 10.1 Å². The Balaban J connectivity index is 2.45. The molecule has 1 aromatic heterocycles. The normalized spacial score (nSPS) is 12.4. The predicted octanol–water partition coefficient (Wildman–Crippen LogP) is 2.04. The molecule has 2 rings (SSSR count). The Labute approximate surface area is 121 Å². The van der Waals surface area contributed by atoms with E-state index in [0.717, 1.165) is 0 Å². The fourth-order valence-electron chi connectivity index (χ4n) is 1.84. The van der Waals surface area contributed by atoms with Gasteiger partial charge in [0.15, 0.2) is 5.82 Å². The number of nitrogens with two attached hydrogens (primary N) is 1. The molecule has 8 nitrogen and oxygen atoms in total. The molecular weight excluding hydrogens is 274 g/mol. The van der Waals surface area contributed by atoms with Gasteiger partial charge in [-0.15, -0.1) is 0 Å². The first-order valence-corrected chi connectivity index (χ1v) is 6.44. The van der Waals surface area contributed by atoms with Crippen molar-refractivity contribution in [3.05, 3.63) is 34.1 Å². The van der Waals surface area contributed by atoms with Crippen LogP contribution in [0.25, 0.3) is 11.4 Å². The van der Waals surface area contributed by atoms with Crippen molar-refractivity contribution in [2.24, 2.45) is 11.7 Å². The summed E-state index contributed by atoms with van der Waals surface area (Å²) in [6, 6.07) is 3.99. The van der Waals surface area contributed by atoms with Crippen LogP contribution >= 0.6 is 0 Å². The van der Waals surface area contributed by atoms with Crippen LogP contribution < -0.4 is 10.5 Å². The summed E-state index contributed by atoms with van der Waals surface area (Å²) < 4.78 is 5.20. The van der Waals surface area contributed by atoms with E-state index in [1.807, 2.05) is 13.8 Å². The highest BCUT2D eigenvalue weighted by Gasteiger charge is 2.19. The van der Waals surface area contributed by atoms with E-state index < -0.39 is 4.92 Å². The maximum Gasteiger partial charge on any atom is 0.270 e. The Morgan fingerprint density at radius 1 is 1.43 bits per heavy atom. The first kappa shape index (κ1) is 14.9. The van der Waals surface area contributed by atoms with E-state index in [2.05, 4.69) is 15.2 Å². The summed E-state index contributed by atoms with van der Waals surface area (Å²) in [7, 11) is 1.48. The number of hydrogen-bond acceptors (Lipinski definition) is 6. The molecule has 0 aliphatic rings. The lowest BCUT2D eigenvalue weighted by atomic mass is 10.1. The van der Waals surface area contributed by atoms with Gasteiger partial charge in [0.05, 0.1) is 23.6 Å². The molecule has 0 saturated heterocycles. The SMILES string of the molecule is COc1ccc([N+](=O)[O-])cc1-c1n[nH]c(C(N)C(C)C)n1. The molecule has 0 spiro atoms. The Hall–Kier alpha value is -2.48. The van der Waals surface area contributed by atoms with Crippen molar-refractivity contribution in [1.29, 1.82) is 0 Å². The molecule has 2 aromatic rings. The fraction of sp³-hybridized carbons (Fsp3) is 0.385. The Morgan fingerprint density at radius 2 is 2.14 bits per heavy atom. The van der Waals surface area contributed by atoms with Crippen LogP contribution in [0.5, 0.6) is 5.75 Å². The number of benzene rings is 1. The zero-order valence-corrected chi connectivity index (χ0v) is 12.0. The van der Waals surface area contributed by atoms with Crippen molar-refractivity contribution in [2.75, 3.05) is 7.11 Å². The van der Waals surface area contributed by atoms with Gasteiger partial charge < -0.3 is 10.5 Å². The summed E-state index contributed by atoms with van der Waals surface area (Å²) in [5.74, 6) is 1.51. The van der Waals surface area contributed by atoms with Crippen molar-refractivity contribution in [1.82, 2.24) is 15.2 Å². The Morgan fingerprint density at radius 3 is 2.71 bits per heavy atom. The third-order valence-electron chi connectivity index (χ3n) is 3.17. The topological polar surface area (TPSA) is 120 Å². The highest BCUT2D eigenvalue weighted by atomic mass is 16.6. The van der Waals surface area contributed by atoms with E-state index in [0.29, 0.717) is 23.0 Å². The van der Waals surface area contributed by atoms with E-state index in [1.54, 1.807) is 0 Å². The van der Waals surface area contributed by atoms with E-state index >= 15 is 0 Å². The van der Waals surface area contributed by atoms with Crippen molar-refractivity contribution in [3.8, 4) is 17.1 Å². The molecule has 112 valence electrons. The first-order chi connectivity index (χ1) is 9.93. The zero-order chi connectivity index (χ0) is 15.6. The number of rotatable bonds is 5. The first-order valence-electron chi connectivity index (χ1n) is 6.44. The van der Waals surface area contributed by atoms with Crippen molar-refractivity contribution in [3.63, 3.8) is 0 Å². The quantitative estimate of drug-likeness (QED) is 0.642. The predicted molar refractivity (Wildman–Crippen MR) is 76.8 cm³/mol. The Bertz CT molecular complexity index is 653. The number of nitrogens with zero attached hydrogens (tertiary/aromatic N) is 3. The standard InChI is InChI=1S/C13H17N5O3/c1-7(2)11(14)13-15-12(16-17-13)9-6-8(18(19)20)4-5-10(9)21-3/h4-7,11H,14H2,1-3H3,(H,15,16,17). The second-order valence-electron chi connectivity index (χ2n) is 4.96. The molecular formula is C13H17N5O3. The van der Waals surface area contributed by atoms with Crippen LogP contribution in [-0.4, -0.2) is 27.2 Å². The van der Waals surface area contributed by atoms with Gasteiger partial charge in [-0.1, -0.05) is 13.8 Å². The number of H-pyrrole nitrogens is 1. The average Bonchev–Trinajstić information content (AvgIpc) is 2.95. The number of aromatic amines is 1. The zero-order valence-electron chi connectivity index (χ0n) is 12.0. The molecule has 0 bridgehead atoms. The van der Waals surface area contributed by atoms with Gasteiger partial charge in [-0.3, -0.25) is 15.2 Å². The second kappa shape index (κ2) is 5.88. The lowest BCUT2D eigenvalue weighted by Crippen LogP contribution is -2.18. The number of non-ortho nitro benzene ring substituents is 1. The number of hydrogen-bond donors (Lipinski definition) is 2. The van der Waals surface area contributed by atoms with Crippen LogP contribution in [0.3, 0.4) is 0 Å². The van der Waals surface area contributed by atoms with Crippen LogP contribution in [0, 0.1) is 16.0 Å². The number of ether oxygens (including phenoxy) is 1. The summed E-state index contributed by atoms with van der Waals surface area (Å²) in [6.45, 7) is 3.95. The number of aromatic nitrogens is 3. The highest BCUT2D eigenvalue weighted by molar-refractivity contribution is 5.67. The molecule has 21 heavy (non-hydrogen) atoms. The van der Waals surface area contributed by atoms with Gasteiger partial charge in [0, 0.05) is 12.1 Å². The van der Waals surface area contributed by atoms with Crippen molar-refractivity contribution < 1.29 is 9.66 Å². The molecule has 1 heterocycles. The Kier molecular flexibility index (Phi) is 4.18. The molecule has 3 N–H and O–H groups in total. The summed E-state index contributed by atoms with van der Waals surface area (Å²) in [5.41, 5.74) is 6.40. The van der Waals surface area contributed by atoms with E-state index in [1.165, 1.54) is 25.3 Å². The molecule has 1 aromatic carbocycles. The van der Waals surface area contributed by atoms with Gasteiger partial charge in [-0.2, -0.15) is 5.10 Å². The third kappa shape index (κ3) is 3.00. The molecule has 0 aliphatic heterocycles. The molecule has 0 aliphatic carbocycles. The smallest absolute Gasteiger partial charge is 0.270 e. The van der Waals surface area contributed by atoms with E-state index in [-0.39, 0.29) is 17.6 Å². The van der Waals surface area contributed by atoms with Gasteiger partial charge in [0.1, 0.15) is 11.6 Å². The summed E-state index contributed by atoms with van der Waals surface area (Å²) >= 11 is 0. The molecule has 0 radical (unpaired) electrons. The van der Waals surface area contributed by atoms with Crippen molar-refractivity contribution in [2.45, 2.75) is 19.9 Å². The van der Waals surface area contributed by atoms with Gasteiger partial charge in [-0.25, -0.2) is 4.98 Å². The number of nitro benzene ring substituents is 1. The number of nitrogens with one attached hydrogen (secondary N) is 1. The lowest BCUT2D eigenvalue weighted by molar-refractivity contribution is -0.384. The van der Waals surface area contributed by atoms with Gasteiger partial charge in [-0.05, 0) is 12.0 Å². The third-order valence-corrected chi connectivity index (χ3v) is 3.17. The lowest BCUT2D eigenvalue weighted by Gasteiger charge is -2.11. The minimum absolute atomic E-state index is 0.0506. The molecule has 0 saturated carbocycles. The van der Waals surface area contributed by atoms with Gasteiger partial charge in [0.25, 0.3) is 5.69 Å². The molecule has 0 amide bonds. The van der Waals surface area contributed by atoms with Crippen LogP contribution in [0.1, 0.15) is 25.7 Å². The minimum atomic E-state index is -0.476. The number of nitro groups is 1. The molecule has 0 fully saturated rings. The maximum absolute atomic E-state index is 10.9. The highest BCUT2D eigenvalue weighted by Crippen LogP contribution is 2.31. The summed E-state index contributed by atoms with van der Waals surface area (Å²) in [5, 5.41) is 17.7.